The van der Waals surface area contributed by atoms with Gasteiger partial charge < -0.3 is 16.0 Å². The normalized spacial score (nSPS) is 11.9. The van der Waals surface area contributed by atoms with Gasteiger partial charge >= 0.3 is 0 Å². The molecule has 0 heterocycles. The smallest absolute Gasteiger partial charge is 0.272 e. The average Bonchev–Trinajstić information content (AvgIpc) is 2.97. The van der Waals surface area contributed by atoms with Gasteiger partial charge in [-0.3, -0.25) is 14.4 Å². The van der Waals surface area contributed by atoms with Gasteiger partial charge in [-0.25, -0.2) is 0 Å². The van der Waals surface area contributed by atoms with Crippen LogP contribution in [0.3, 0.4) is 0 Å². The Morgan fingerprint density at radius 2 is 1.50 bits per heavy atom. The van der Waals surface area contributed by atoms with Gasteiger partial charge in [-0.1, -0.05) is 65.7 Å². The molecule has 6 nitrogen and oxygen atoms in total. The number of hydrogen-bond acceptors (Lipinski definition) is 4. The molecule has 42 heavy (non-hydrogen) atoms. The van der Waals surface area contributed by atoms with Crippen LogP contribution in [-0.2, 0) is 9.59 Å². The minimum Gasteiger partial charge on any atom is -0.325 e. The minimum absolute atomic E-state index is 0.0211. The summed E-state index contributed by atoms with van der Waals surface area (Å²) >= 11 is 13.9. The van der Waals surface area contributed by atoms with E-state index in [0.29, 0.717) is 21.8 Å². The number of anilines is 2. The summed E-state index contributed by atoms with van der Waals surface area (Å²) in [5.74, 6) is -1.15. The first kappa shape index (κ1) is 30.9. The predicted molar refractivity (Wildman–Crippen MR) is 173 cm³/mol. The van der Waals surface area contributed by atoms with Gasteiger partial charge in [-0.05, 0) is 92.1 Å². The molecule has 1 unspecified atom stereocenters. The van der Waals surface area contributed by atoms with Crippen LogP contribution in [0.5, 0.6) is 0 Å². The van der Waals surface area contributed by atoms with E-state index >= 15 is 0 Å². The third kappa shape index (κ3) is 8.26. The predicted octanol–water partition coefficient (Wildman–Crippen LogP) is 8.14. The molecule has 9 heteroatoms. The Kier molecular flexibility index (Phi) is 10.5. The molecule has 0 aliphatic heterocycles. The Hall–Kier alpha value is -4.04. The SMILES string of the molecule is Cc1ccc(NC(=O)C(C)Sc2cccc(NC(=O)/C(=C\c3cccc(Cl)c3Cl)NC(=O)c3ccccc3)c2)cc1C. The number of carbonyl (C=O) groups is 3. The van der Waals surface area contributed by atoms with Crippen molar-refractivity contribution in [3.05, 3.63) is 129 Å². The lowest BCUT2D eigenvalue weighted by atomic mass is 10.1. The summed E-state index contributed by atoms with van der Waals surface area (Å²) in [5.41, 5.74) is 4.32. The Morgan fingerprint density at radius 1 is 0.786 bits per heavy atom. The maximum Gasteiger partial charge on any atom is 0.272 e. The van der Waals surface area contributed by atoms with E-state index in [-0.39, 0.29) is 16.6 Å². The van der Waals surface area contributed by atoms with E-state index in [0.717, 1.165) is 21.7 Å². The molecule has 0 aliphatic carbocycles. The monoisotopic (exact) mass is 617 g/mol. The van der Waals surface area contributed by atoms with Crippen molar-refractivity contribution < 1.29 is 14.4 Å². The number of hydrogen-bond donors (Lipinski definition) is 3. The van der Waals surface area contributed by atoms with Gasteiger partial charge in [-0.2, -0.15) is 0 Å². The highest BCUT2D eigenvalue weighted by Crippen LogP contribution is 2.29. The molecule has 0 fully saturated rings. The molecule has 0 saturated heterocycles. The van der Waals surface area contributed by atoms with E-state index in [2.05, 4.69) is 16.0 Å². The summed E-state index contributed by atoms with van der Waals surface area (Å²) in [6.45, 7) is 5.84. The van der Waals surface area contributed by atoms with Crippen LogP contribution in [-0.4, -0.2) is 23.0 Å². The van der Waals surface area contributed by atoms with Crippen LogP contribution in [0.25, 0.3) is 6.08 Å². The Bertz CT molecular complexity index is 1660. The van der Waals surface area contributed by atoms with Crippen molar-refractivity contribution in [3.8, 4) is 0 Å². The molecule has 4 rings (SSSR count). The first-order valence-corrected chi connectivity index (χ1v) is 14.7. The van der Waals surface area contributed by atoms with Crippen molar-refractivity contribution in [1.82, 2.24) is 5.32 Å². The summed E-state index contributed by atoms with van der Waals surface area (Å²) < 4.78 is 0. The van der Waals surface area contributed by atoms with Crippen molar-refractivity contribution in [3.63, 3.8) is 0 Å². The summed E-state index contributed by atoms with van der Waals surface area (Å²) in [4.78, 5) is 40.0. The Labute approximate surface area is 259 Å². The second-order valence-electron chi connectivity index (χ2n) is 9.55. The summed E-state index contributed by atoms with van der Waals surface area (Å²) in [5, 5.41) is 8.66. The van der Waals surface area contributed by atoms with Gasteiger partial charge in [0.1, 0.15) is 5.70 Å². The van der Waals surface area contributed by atoms with Crippen LogP contribution < -0.4 is 16.0 Å². The van der Waals surface area contributed by atoms with E-state index < -0.39 is 17.1 Å². The first-order valence-electron chi connectivity index (χ1n) is 13.1. The van der Waals surface area contributed by atoms with Crippen molar-refractivity contribution >= 4 is 70.1 Å². The number of amides is 3. The van der Waals surface area contributed by atoms with Crippen LogP contribution in [0, 0.1) is 13.8 Å². The summed E-state index contributed by atoms with van der Waals surface area (Å²) in [6.07, 6.45) is 1.47. The summed E-state index contributed by atoms with van der Waals surface area (Å²) in [6, 6.07) is 26.5. The topological polar surface area (TPSA) is 87.3 Å². The molecule has 0 bridgehead atoms. The molecule has 1 atom stereocenters. The highest BCUT2D eigenvalue weighted by atomic mass is 35.5. The van der Waals surface area contributed by atoms with Gasteiger partial charge in [0.05, 0.1) is 15.3 Å². The van der Waals surface area contributed by atoms with E-state index in [1.807, 2.05) is 45.0 Å². The molecule has 0 radical (unpaired) electrons. The van der Waals surface area contributed by atoms with Gasteiger partial charge in [0, 0.05) is 21.8 Å². The number of rotatable bonds is 9. The maximum absolute atomic E-state index is 13.4. The molecular formula is C33H29Cl2N3O3S. The van der Waals surface area contributed by atoms with E-state index in [4.69, 9.17) is 23.2 Å². The van der Waals surface area contributed by atoms with Crippen LogP contribution >= 0.6 is 35.0 Å². The van der Waals surface area contributed by atoms with Crippen molar-refractivity contribution in [2.45, 2.75) is 30.9 Å². The molecule has 3 N–H and O–H groups in total. The standard InChI is InChI=1S/C33H29Cl2N3O3S/c1-20-15-16-26(17-21(20)2)36-31(39)22(3)42-27-13-8-12-25(19-27)37-33(41)29(18-24-11-7-14-28(34)30(24)35)38-32(40)23-9-5-4-6-10-23/h4-19,22H,1-3H3,(H,36,39)(H,37,41)(H,38,40)/b29-18+. The average molecular weight is 619 g/mol. The second kappa shape index (κ2) is 14.2. The molecule has 214 valence electrons. The number of thioether (sulfide) groups is 1. The fourth-order valence-electron chi connectivity index (χ4n) is 3.90. The fraction of sp³-hybridized carbons (Fsp3) is 0.121. The molecule has 0 aliphatic rings. The highest BCUT2D eigenvalue weighted by molar-refractivity contribution is 8.00. The third-order valence-corrected chi connectivity index (χ3v) is 8.29. The zero-order valence-electron chi connectivity index (χ0n) is 23.2. The Balaban J connectivity index is 1.50. The fourth-order valence-corrected chi connectivity index (χ4v) is 5.18. The van der Waals surface area contributed by atoms with Crippen LogP contribution in [0.4, 0.5) is 11.4 Å². The molecule has 4 aromatic rings. The largest absolute Gasteiger partial charge is 0.325 e. The van der Waals surface area contributed by atoms with Gasteiger partial charge in [-0.15, -0.1) is 11.8 Å². The van der Waals surface area contributed by atoms with E-state index in [9.17, 15) is 14.4 Å². The molecule has 0 spiro atoms. The number of nitrogens with one attached hydrogen (secondary N) is 3. The van der Waals surface area contributed by atoms with Crippen molar-refractivity contribution in [1.29, 1.82) is 0 Å². The third-order valence-electron chi connectivity index (χ3n) is 6.36. The summed E-state index contributed by atoms with van der Waals surface area (Å²) in [7, 11) is 0. The number of aryl methyl sites for hydroxylation is 2. The van der Waals surface area contributed by atoms with Gasteiger partial charge in [0.25, 0.3) is 11.8 Å². The van der Waals surface area contributed by atoms with Crippen LogP contribution in [0.15, 0.2) is 102 Å². The minimum atomic E-state index is -0.557. The molecule has 0 saturated carbocycles. The molecule has 4 aromatic carbocycles. The van der Waals surface area contributed by atoms with Crippen molar-refractivity contribution in [2.75, 3.05) is 10.6 Å². The van der Waals surface area contributed by atoms with Gasteiger partial charge in [0.15, 0.2) is 0 Å². The lowest BCUT2D eigenvalue weighted by Crippen LogP contribution is -2.30. The highest BCUT2D eigenvalue weighted by Gasteiger charge is 2.18. The quantitative estimate of drug-likeness (QED) is 0.131. The maximum atomic E-state index is 13.4. The lowest BCUT2D eigenvalue weighted by Gasteiger charge is -2.15. The molecular weight excluding hydrogens is 589 g/mol. The zero-order valence-corrected chi connectivity index (χ0v) is 25.5. The lowest BCUT2D eigenvalue weighted by molar-refractivity contribution is -0.115. The zero-order chi connectivity index (χ0) is 30.2. The van der Waals surface area contributed by atoms with Gasteiger partial charge in [0.2, 0.25) is 5.91 Å². The van der Waals surface area contributed by atoms with Crippen LogP contribution in [0.1, 0.15) is 34.0 Å². The number of benzene rings is 4. The van der Waals surface area contributed by atoms with Crippen molar-refractivity contribution in [2.24, 2.45) is 0 Å². The van der Waals surface area contributed by atoms with E-state index in [1.165, 1.54) is 17.8 Å². The molecule has 3 amide bonds. The van der Waals surface area contributed by atoms with Crippen LogP contribution in [0.2, 0.25) is 10.0 Å². The number of carbonyl (C=O) groups excluding carboxylic acids is 3. The Morgan fingerprint density at radius 3 is 2.24 bits per heavy atom. The molecule has 0 aromatic heterocycles. The van der Waals surface area contributed by atoms with E-state index in [1.54, 1.807) is 66.7 Å². The number of halogens is 2. The first-order chi connectivity index (χ1) is 20.1. The second-order valence-corrected chi connectivity index (χ2v) is 11.8.